The molecule has 100 valence electrons. The molecular formula is C11H15NO4S2. The summed E-state index contributed by atoms with van der Waals surface area (Å²) in [6, 6.07) is 3.59. The van der Waals surface area contributed by atoms with Gasteiger partial charge in [-0.15, -0.1) is 11.3 Å². The number of carboxylic acids is 1. The largest absolute Gasteiger partial charge is 0.550 e. The van der Waals surface area contributed by atoms with Crippen molar-refractivity contribution in [2.24, 2.45) is 0 Å². The monoisotopic (exact) mass is 289 g/mol. The van der Waals surface area contributed by atoms with Crippen molar-refractivity contribution in [3.63, 3.8) is 0 Å². The molecule has 0 aromatic carbocycles. The lowest BCUT2D eigenvalue weighted by atomic mass is 10.1. The van der Waals surface area contributed by atoms with Crippen LogP contribution in [-0.2, 0) is 14.6 Å². The van der Waals surface area contributed by atoms with Crippen molar-refractivity contribution >= 4 is 27.1 Å². The summed E-state index contributed by atoms with van der Waals surface area (Å²) in [6.45, 7) is 0.941. The van der Waals surface area contributed by atoms with Crippen molar-refractivity contribution in [2.45, 2.75) is 12.5 Å². The lowest BCUT2D eigenvalue weighted by molar-refractivity contribution is -0.927. The van der Waals surface area contributed by atoms with Gasteiger partial charge in [-0.3, -0.25) is 0 Å². The average molecular weight is 289 g/mol. The van der Waals surface area contributed by atoms with Crippen molar-refractivity contribution in [3.05, 3.63) is 22.4 Å². The molecule has 0 unspecified atom stereocenters. The Hall–Kier alpha value is -0.920. The molecule has 1 aromatic rings. The van der Waals surface area contributed by atoms with Crippen molar-refractivity contribution < 1.29 is 23.2 Å². The number of carboxylic acid groups (broad SMARTS) is 1. The Morgan fingerprint density at radius 2 is 2.11 bits per heavy atom. The molecule has 1 N–H and O–H groups in total. The number of rotatable bonds is 4. The van der Waals surface area contributed by atoms with Gasteiger partial charge in [-0.1, -0.05) is 6.07 Å². The third kappa shape index (κ3) is 3.30. The second kappa shape index (κ2) is 5.38. The smallest absolute Gasteiger partial charge is 0.161 e. The van der Waals surface area contributed by atoms with E-state index in [1.807, 2.05) is 17.5 Å². The Labute approximate surface area is 110 Å². The number of nitrogens with one attached hydrogen (secondary N) is 1. The van der Waals surface area contributed by atoms with Gasteiger partial charge in [0.05, 0.1) is 29.5 Å². The highest BCUT2D eigenvalue weighted by Crippen LogP contribution is 2.19. The van der Waals surface area contributed by atoms with E-state index in [1.165, 1.54) is 11.3 Å². The predicted octanol–water partition coefficient (Wildman–Crippen LogP) is -1.76. The van der Waals surface area contributed by atoms with Gasteiger partial charge in [-0.05, 0) is 11.4 Å². The van der Waals surface area contributed by atoms with E-state index in [4.69, 9.17) is 0 Å². The minimum atomic E-state index is -2.93. The van der Waals surface area contributed by atoms with Crippen molar-refractivity contribution in [2.75, 3.05) is 24.6 Å². The summed E-state index contributed by atoms with van der Waals surface area (Å²) < 4.78 is 22.8. The van der Waals surface area contributed by atoms with Crippen molar-refractivity contribution in [1.82, 2.24) is 0 Å². The number of sulfone groups is 1. The molecule has 18 heavy (non-hydrogen) atoms. The van der Waals surface area contributed by atoms with Crippen LogP contribution in [0.15, 0.2) is 17.5 Å². The minimum Gasteiger partial charge on any atom is -0.550 e. The molecule has 0 radical (unpaired) electrons. The highest BCUT2D eigenvalue weighted by Gasteiger charge is 2.32. The van der Waals surface area contributed by atoms with Crippen LogP contribution in [0.25, 0.3) is 0 Å². The van der Waals surface area contributed by atoms with Gasteiger partial charge in [0.25, 0.3) is 0 Å². The summed E-state index contributed by atoms with van der Waals surface area (Å²) in [5, 5.41) is 12.7. The van der Waals surface area contributed by atoms with Crippen LogP contribution in [0.4, 0.5) is 0 Å². The molecule has 0 spiro atoms. The van der Waals surface area contributed by atoms with E-state index in [-0.39, 0.29) is 24.0 Å². The molecule has 1 saturated heterocycles. The third-order valence-corrected chi connectivity index (χ3v) is 5.86. The highest BCUT2D eigenvalue weighted by atomic mass is 32.2. The van der Waals surface area contributed by atoms with E-state index < -0.39 is 15.8 Å². The molecule has 2 rings (SSSR count). The molecule has 1 aliphatic rings. The van der Waals surface area contributed by atoms with Crippen molar-refractivity contribution in [3.8, 4) is 0 Å². The van der Waals surface area contributed by atoms with Crippen molar-refractivity contribution in [1.29, 1.82) is 0 Å². The maximum atomic E-state index is 11.4. The van der Waals surface area contributed by atoms with Crippen LogP contribution in [0.1, 0.15) is 17.3 Å². The molecule has 7 heteroatoms. The Kier molecular flexibility index (Phi) is 4.04. The molecule has 0 amide bonds. The SMILES string of the molecule is O=C([O-])C[C@@H](c1cccs1)[NH+]1CCS(=O)(=O)CC1. The summed E-state index contributed by atoms with van der Waals surface area (Å²) in [5.41, 5.74) is 0. The molecule has 1 fully saturated rings. The zero-order valence-corrected chi connectivity index (χ0v) is 11.4. The van der Waals surface area contributed by atoms with E-state index in [2.05, 4.69) is 0 Å². The second-order valence-corrected chi connectivity index (χ2v) is 7.74. The number of quaternary nitrogens is 1. The van der Waals surface area contributed by atoms with E-state index in [0.717, 1.165) is 9.78 Å². The minimum absolute atomic E-state index is 0.0596. The number of carbonyl (C=O) groups excluding carboxylic acids is 1. The first-order chi connectivity index (χ1) is 8.48. The summed E-state index contributed by atoms with van der Waals surface area (Å²) in [5.74, 6) is -0.816. The van der Waals surface area contributed by atoms with E-state index >= 15 is 0 Å². The lowest BCUT2D eigenvalue weighted by Gasteiger charge is -2.31. The maximum Gasteiger partial charge on any atom is 0.161 e. The fourth-order valence-corrected chi connectivity index (χ4v) is 4.49. The Bertz CT molecular complexity index is 495. The first-order valence-corrected chi connectivity index (χ1v) is 8.46. The van der Waals surface area contributed by atoms with E-state index in [0.29, 0.717) is 13.1 Å². The standard InChI is InChI=1S/C11H15NO4S2/c13-11(14)8-9(10-2-1-5-17-10)12-3-6-18(15,16)7-4-12/h1-2,5,9H,3-4,6-8H2,(H,13,14)/t9-/m0/s1. The van der Waals surface area contributed by atoms with Crippen LogP contribution >= 0.6 is 11.3 Å². The molecule has 0 aliphatic carbocycles. The Morgan fingerprint density at radius 1 is 1.44 bits per heavy atom. The number of aliphatic carboxylic acids is 1. The predicted molar refractivity (Wildman–Crippen MR) is 66.0 cm³/mol. The normalized spacial score (nSPS) is 21.6. The quantitative estimate of drug-likeness (QED) is 0.712. The molecule has 1 aromatic heterocycles. The van der Waals surface area contributed by atoms with Crippen LogP contribution < -0.4 is 10.0 Å². The summed E-state index contributed by atoms with van der Waals surface area (Å²) in [6.07, 6.45) is -0.0596. The van der Waals surface area contributed by atoms with Gasteiger partial charge in [0.1, 0.15) is 6.04 Å². The number of hydrogen-bond donors (Lipinski definition) is 1. The molecule has 2 heterocycles. The van der Waals surface area contributed by atoms with Crippen LogP contribution in [0.3, 0.4) is 0 Å². The summed E-state index contributed by atoms with van der Waals surface area (Å²) in [4.78, 5) is 12.8. The molecule has 0 bridgehead atoms. The number of carbonyl (C=O) groups is 1. The fourth-order valence-electron chi connectivity index (χ4n) is 2.25. The molecule has 5 nitrogen and oxygen atoms in total. The Balaban J connectivity index is 2.13. The van der Waals surface area contributed by atoms with E-state index in [9.17, 15) is 18.3 Å². The van der Waals surface area contributed by atoms with Gasteiger partial charge in [0, 0.05) is 12.4 Å². The summed E-state index contributed by atoms with van der Waals surface area (Å²) >= 11 is 1.51. The maximum absolute atomic E-state index is 11.4. The zero-order chi connectivity index (χ0) is 13.2. The zero-order valence-electron chi connectivity index (χ0n) is 9.79. The van der Waals surface area contributed by atoms with Crippen LogP contribution in [0.2, 0.25) is 0 Å². The average Bonchev–Trinajstić information content (AvgIpc) is 2.79. The fraction of sp³-hybridized carbons (Fsp3) is 0.545. The number of thiophene rings is 1. The lowest BCUT2D eigenvalue weighted by Crippen LogP contribution is -3.14. The van der Waals surface area contributed by atoms with Crippen LogP contribution in [0, 0.1) is 0 Å². The van der Waals surface area contributed by atoms with Gasteiger partial charge in [0.15, 0.2) is 9.84 Å². The molecule has 0 saturated carbocycles. The highest BCUT2D eigenvalue weighted by molar-refractivity contribution is 7.91. The van der Waals surface area contributed by atoms with Crippen LogP contribution in [-0.4, -0.2) is 39.0 Å². The van der Waals surface area contributed by atoms with Gasteiger partial charge in [0.2, 0.25) is 0 Å². The van der Waals surface area contributed by atoms with Gasteiger partial charge < -0.3 is 14.8 Å². The first kappa shape index (κ1) is 13.5. The van der Waals surface area contributed by atoms with E-state index in [1.54, 1.807) is 0 Å². The summed E-state index contributed by atoms with van der Waals surface area (Å²) in [7, 11) is -2.93. The second-order valence-electron chi connectivity index (χ2n) is 4.45. The third-order valence-electron chi connectivity index (χ3n) is 3.22. The molecule has 1 aliphatic heterocycles. The van der Waals surface area contributed by atoms with Gasteiger partial charge in [-0.25, -0.2) is 8.42 Å². The topological polar surface area (TPSA) is 78.7 Å². The molecular weight excluding hydrogens is 274 g/mol. The Morgan fingerprint density at radius 3 is 2.61 bits per heavy atom. The van der Waals surface area contributed by atoms with Gasteiger partial charge >= 0.3 is 0 Å². The van der Waals surface area contributed by atoms with Gasteiger partial charge in [-0.2, -0.15) is 0 Å². The number of hydrogen-bond acceptors (Lipinski definition) is 5. The molecule has 1 atom stereocenters. The first-order valence-electron chi connectivity index (χ1n) is 5.76. The van der Waals surface area contributed by atoms with Crippen LogP contribution in [0.5, 0.6) is 0 Å².